The molecule has 1 heterocycles. The summed E-state index contributed by atoms with van der Waals surface area (Å²) in [5, 5.41) is 9.99. The number of carbonyl (C=O) groups is 1. The molecule has 3 nitrogen and oxygen atoms in total. The number of rotatable bonds is 8. The summed E-state index contributed by atoms with van der Waals surface area (Å²) >= 11 is 0. The second-order valence-corrected chi connectivity index (χ2v) is 6.96. The van der Waals surface area contributed by atoms with E-state index in [-0.39, 0.29) is 12.4 Å². The second-order valence-electron chi connectivity index (χ2n) is 6.96. The Kier molecular flexibility index (Phi) is 5.89. The number of benzene rings is 2. The highest BCUT2D eigenvalue weighted by Gasteiger charge is 2.22. The van der Waals surface area contributed by atoms with Gasteiger partial charge in [-0.2, -0.15) is 0 Å². The molecule has 0 fully saturated rings. The molecule has 0 amide bonds. The quantitative estimate of drug-likeness (QED) is 0.443. The SMILES string of the molecule is Cc1c(C(=O)c2ccccc2)c2ccccc2n1C(C)CCCCCO. The normalized spacial score (nSPS) is 12.4. The Morgan fingerprint density at radius 2 is 1.69 bits per heavy atom. The van der Waals surface area contributed by atoms with Crippen LogP contribution in [0.15, 0.2) is 54.6 Å². The summed E-state index contributed by atoms with van der Waals surface area (Å²) < 4.78 is 2.31. The topological polar surface area (TPSA) is 42.2 Å². The molecule has 0 spiro atoms. The van der Waals surface area contributed by atoms with Crippen LogP contribution >= 0.6 is 0 Å². The van der Waals surface area contributed by atoms with E-state index in [0.29, 0.717) is 6.04 Å². The van der Waals surface area contributed by atoms with Crippen LogP contribution in [0.4, 0.5) is 0 Å². The van der Waals surface area contributed by atoms with E-state index in [4.69, 9.17) is 5.11 Å². The zero-order chi connectivity index (χ0) is 18.5. The van der Waals surface area contributed by atoms with Crippen molar-refractivity contribution in [3.05, 3.63) is 71.4 Å². The Hall–Kier alpha value is -2.39. The molecule has 0 aliphatic rings. The van der Waals surface area contributed by atoms with Crippen molar-refractivity contribution >= 4 is 16.7 Å². The van der Waals surface area contributed by atoms with Crippen molar-refractivity contribution in [2.45, 2.75) is 45.6 Å². The van der Waals surface area contributed by atoms with Crippen LogP contribution in [-0.4, -0.2) is 22.1 Å². The molecule has 0 saturated carbocycles. The monoisotopic (exact) mass is 349 g/mol. The first-order chi connectivity index (χ1) is 12.6. The van der Waals surface area contributed by atoms with Gasteiger partial charge in [-0.25, -0.2) is 0 Å². The highest BCUT2D eigenvalue weighted by atomic mass is 16.2. The smallest absolute Gasteiger partial charge is 0.195 e. The Bertz CT molecular complexity index is 880. The summed E-state index contributed by atoms with van der Waals surface area (Å²) in [6, 6.07) is 18.0. The van der Waals surface area contributed by atoms with Gasteiger partial charge in [0.2, 0.25) is 0 Å². The molecule has 3 aromatic rings. The predicted octanol–water partition coefficient (Wildman–Crippen LogP) is 5.29. The highest BCUT2D eigenvalue weighted by molar-refractivity contribution is 6.17. The lowest BCUT2D eigenvalue weighted by atomic mass is 10.0. The van der Waals surface area contributed by atoms with Crippen LogP contribution in [0.2, 0.25) is 0 Å². The maximum absolute atomic E-state index is 13.2. The first-order valence-corrected chi connectivity index (χ1v) is 9.45. The van der Waals surface area contributed by atoms with Crippen LogP contribution in [-0.2, 0) is 0 Å². The fourth-order valence-electron chi connectivity index (χ4n) is 3.84. The molecule has 1 N–H and O–H groups in total. The summed E-state index contributed by atoms with van der Waals surface area (Å²) in [6.45, 7) is 4.53. The molecule has 0 aliphatic heterocycles. The fourth-order valence-corrected chi connectivity index (χ4v) is 3.84. The molecule has 3 heteroatoms. The summed E-state index contributed by atoms with van der Waals surface area (Å²) in [5.74, 6) is 0.0885. The Labute approximate surface area is 155 Å². The third-order valence-electron chi connectivity index (χ3n) is 5.14. The van der Waals surface area contributed by atoms with Crippen molar-refractivity contribution < 1.29 is 9.90 Å². The number of carbonyl (C=O) groups excluding carboxylic acids is 1. The van der Waals surface area contributed by atoms with Crippen molar-refractivity contribution in [3.8, 4) is 0 Å². The first-order valence-electron chi connectivity index (χ1n) is 9.45. The van der Waals surface area contributed by atoms with E-state index in [1.807, 2.05) is 48.5 Å². The molecule has 1 unspecified atom stereocenters. The average molecular weight is 349 g/mol. The zero-order valence-corrected chi connectivity index (χ0v) is 15.6. The van der Waals surface area contributed by atoms with Crippen molar-refractivity contribution in [2.24, 2.45) is 0 Å². The number of aromatic nitrogens is 1. The number of hydrogen-bond acceptors (Lipinski definition) is 2. The van der Waals surface area contributed by atoms with Gasteiger partial charge in [-0.15, -0.1) is 0 Å². The van der Waals surface area contributed by atoms with Gasteiger partial charge in [0.25, 0.3) is 0 Å². The predicted molar refractivity (Wildman–Crippen MR) is 107 cm³/mol. The number of hydrogen-bond donors (Lipinski definition) is 1. The average Bonchev–Trinajstić information content (AvgIpc) is 2.97. The standard InChI is InChI=1S/C23H27NO2/c1-17(11-5-4-10-16-25)24-18(2)22(20-14-8-9-15-21(20)24)23(26)19-12-6-3-7-13-19/h3,6-9,12-15,17,25H,4-5,10-11,16H2,1-2H3. The van der Waals surface area contributed by atoms with Gasteiger partial charge < -0.3 is 9.67 Å². The largest absolute Gasteiger partial charge is 0.396 e. The van der Waals surface area contributed by atoms with Crippen molar-refractivity contribution in [1.82, 2.24) is 4.57 Å². The van der Waals surface area contributed by atoms with Crippen LogP contribution in [0, 0.1) is 6.92 Å². The van der Waals surface area contributed by atoms with Gasteiger partial charge >= 0.3 is 0 Å². The number of para-hydroxylation sites is 1. The molecular weight excluding hydrogens is 322 g/mol. The van der Waals surface area contributed by atoms with Crippen LogP contribution in [0.3, 0.4) is 0 Å². The molecule has 0 bridgehead atoms. The number of aliphatic hydroxyl groups excluding tert-OH is 1. The van der Waals surface area contributed by atoms with Gasteiger partial charge in [0.1, 0.15) is 0 Å². The molecule has 1 atom stereocenters. The lowest BCUT2D eigenvalue weighted by molar-refractivity contribution is 0.103. The van der Waals surface area contributed by atoms with E-state index in [2.05, 4.69) is 24.5 Å². The van der Waals surface area contributed by atoms with Crippen LogP contribution in [0.5, 0.6) is 0 Å². The van der Waals surface area contributed by atoms with E-state index >= 15 is 0 Å². The van der Waals surface area contributed by atoms with E-state index < -0.39 is 0 Å². The van der Waals surface area contributed by atoms with Gasteiger partial charge in [0.05, 0.1) is 5.56 Å². The number of ketones is 1. The highest BCUT2D eigenvalue weighted by Crippen LogP contribution is 2.32. The zero-order valence-electron chi connectivity index (χ0n) is 15.6. The lowest BCUT2D eigenvalue weighted by Gasteiger charge is -2.18. The van der Waals surface area contributed by atoms with Crippen LogP contribution < -0.4 is 0 Å². The minimum Gasteiger partial charge on any atom is -0.396 e. The van der Waals surface area contributed by atoms with Crippen molar-refractivity contribution in [3.63, 3.8) is 0 Å². The molecule has 2 aromatic carbocycles. The molecular formula is C23H27NO2. The van der Waals surface area contributed by atoms with E-state index in [0.717, 1.165) is 53.4 Å². The van der Waals surface area contributed by atoms with Gasteiger partial charge in [-0.1, -0.05) is 61.4 Å². The third-order valence-corrected chi connectivity index (χ3v) is 5.14. The number of unbranched alkanes of at least 4 members (excludes halogenated alkanes) is 2. The molecule has 0 aliphatic carbocycles. The molecule has 3 rings (SSSR count). The molecule has 0 saturated heterocycles. The second kappa shape index (κ2) is 8.33. The molecule has 0 radical (unpaired) electrons. The number of aliphatic hydroxyl groups is 1. The van der Waals surface area contributed by atoms with E-state index in [1.165, 1.54) is 0 Å². The minimum absolute atomic E-state index is 0.0885. The Balaban J connectivity index is 2.00. The number of fused-ring (bicyclic) bond motifs is 1. The Morgan fingerprint density at radius 1 is 1.00 bits per heavy atom. The van der Waals surface area contributed by atoms with Gasteiger partial charge in [0, 0.05) is 34.8 Å². The van der Waals surface area contributed by atoms with Gasteiger partial charge in [0.15, 0.2) is 5.78 Å². The Morgan fingerprint density at radius 3 is 2.42 bits per heavy atom. The summed E-state index contributed by atoms with van der Waals surface area (Å²) in [6.07, 6.45) is 4.01. The summed E-state index contributed by atoms with van der Waals surface area (Å²) in [5.41, 5.74) is 3.71. The fraction of sp³-hybridized carbons (Fsp3) is 0.348. The molecule has 26 heavy (non-hydrogen) atoms. The van der Waals surface area contributed by atoms with Crippen LogP contribution in [0.1, 0.15) is 60.3 Å². The summed E-state index contributed by atoms with van der Waals surface area (Å²) in [7, 11) is 0. The van der Waals surface area contributed by atoms with Gasteiger partial charge in [-0.3, -0.25) is 4.79 Å². The number of nitrogens with zero attached hydrogens (tertiary/aromatic N) is 1. The minimum atomic E-state index is 0.0885. The van der Waals surface area contributed by atoms with Crippen molar-refractivity contribution in [1.29, 1.82) is 0 Å². The molecule has 1 aromatic heterocycles. The van der Waals surface area contributed by atoms with Crippen molar-refractivity contribution in [2.75, 3.05) is 6.61 Å². The molecule has 136 valence electrons. The van der Waals surface area contributed by atoms with Gasteiger partial charge in [-0.05, 0) is 32.8 Å². The lowest BCUT2D eigenvalue weighted by Crippen LogP contribution is -2.09. The van der Waals surface area contributed by atoms with E-state index in [1.54, 1.807) is 0 Å². The van der Waals surface area contributed by atoms with Crippen LogP contribution in [0.25, 0.3) is 10.9 Å². The third kappa shape index (κ3) is 3.58. The van der Waals surface area contributed by atoms with E-state index in [9.17, 15) is 4.79 Å². The maximum Gasteiger partial charge on any atom is 0.195 e. The maximum atomic E-state index is 13.2. The first kappa shape index (κ1) is 18.4. The summed E-state index contributed by atoms with van der Waals surface area (Å²) in [4.78, 5) is 13.2.